The molecule has 0 aromatic rings. The first kappa shape index (κ1) is 12.3. The van der Waals surface area contributed by atoms with Gasteiger partial charge in [-0.05, 0) is 30.7 Å². The van der Waals surface area contributed by atoms with Gasteiger partial charge in [-0.3, -0.25) is 5.41 Å². The fourth-order valence-corrected chi connectivity index (χ4v) is 3.38. The fourth-order valence-electron chi connectivity index (χ4n) is 2.17. The van der Waals surface area contributed by atoms with E-state index in [1.54, 1.807) is 11.8 Å². The van der Waals surface area contributed by atoms with Crippen molar-refractivity contribution >= 4 is 17.5 Å². The van der Waals surface area contributed by atoms with Gasteiger partial charge in [0.05, 0.1) is 17.5 Å². The Hall–Kier alpha value is -1.20. The van der Waals surface area contributed by atoms with Crippen LogP contribution in [0.15, 0.2) is 33.5 Å². The Morgan fingerprint density at radius 1 is 1.35 bits per heavy atom. The molecule has 0 aromatic heterocycles. The number of nitrogens with one attached hydrogen (secondary N) is 1. The lowest BCUT2D eigenvalue weighted by Crippen LogP contribution is -2.40. The van der Waals surface area contributed by atoms with E-state index in [0.29, 0.717) is 17.1 Å². The van der Waals surface area contributed by atoms with Crippen molar-refractivity contribution in [1.29, 1.82) is 5.41 Å². The highest BCUT2D eigenvalue weighted by Gasteiger charge is 2.32. The average molecular weight is 250 g/mol. The highest BCUT2D eigenvalue weighted by atomic mass is 32.2. The average Bonchev–Trinajstić information content (AvgIpc) is 2.71. The Kier molecular flexibility index (Phi) is 3.05. The molecule has 0 radical (unpaired) electrons. The summed E-state index contributed by atoms with van der Waals surface area (Å²) in [6.07, 6.45) is 3.06. The summed E-state index contributed by atoms with van der Waals surface area (Å²) < 4.78 is 0. The van der Waals surface area contributed by atoms with Gasteiger partial charge < -0.3 is 17.2 Å². The van der Waals surface area contributed by atoms with Gasteiger partial charge in [0.25, 0.3) is 0 Å². The van der Waals surface area contributed by atoms with Gasteiger partial charge in [-0.15, -0.1) is 11.8 Å². The van der Waals surface area contributed by atoms with Crippen LogP contribution in [0.4, 0.5) is 0 Å². The van der Waals surface area contributed by atoms with Crippen LogP contribution in [0.25, 0.3) is 0 Å². The smallest absolute Gasteiger partial charge is 0.0830 e. The molecule has 0 aromatic carbocycles. The molecule has 4 nitrogen and oxygen atoms in total. The van der Waals surface area contributed by atoms with Crippen molar-refractivity contribution < 1.29 is 0 Å². The van der Waals surface area contributed by atoms with E-state index >= 15 is 0 Å². The summed E-state index contributed by atoms with van der Waals surface area (Å²) in [6.45, 7) is 3.90. The van der Waals surface area contributed by atoms with Gasteiger partial charge in [-0.25, -0.2) is 0 Å². The summed E-state index contributed by atoms with van der Waals surface area (Å²) in [5.74, 6) is 0. The number of hydrogen-bond acceptors (Lipinski definition) is 5. The molecule has 0 fully saturated rings. The Balaban J connectivity index is 2.37. The van der Waals surface area contributed by atoms with E-state index in [1.807, 2.05) is 6.92 Å². The maximum absolute atomic E-state index is 8.12. The first-order chi connectivity index (χ1) is 7.93. The lowest BCUT2D eigenvalue weighted by atomic mass is 9.87. The minimum atomic E-state index is -0.347. The third-order valence-electron chi connectivity index (χ3n) is 3.35. The molecule has 0 amide bonds. The molecule has 1 heterocycles. The van der Waals surface area contributed by atoms with Crippen LogP contribution in [-0.2, 0) is 0 Å². The van der Waals surface area contributed by atoms with E-state index in [9.17, 15) is 0 Å². The molecule has 17 heavy (non-hydrogen) atoms. The second-order valence-corrected chi connectivity index (χ2v) is 5.92. The van der Waals surface area contributed by atoms with Crippen molar-refractivity contribution in [3.63, 3.8) is 0 Å². The van der Waals surface area contributed by atoms with Crippen molar-refractivity contribution in [1.82, 2.24) is 0 Å². The molecule has 2 atom stereocenters. The molecule has 0 spiro atoms. The Labute approximate surface area is 106 Å². The second kappa shape index (κ2) is 4.23. The zero-order chi connectivity index (χ0) is 12.7. The first-order valence-corrected chi connectivity index (χ1v) is 6.45. The monoisotopic (exact) mass is 250 g/mol. The van der Waals surface area contributed by atoms with Crippen molar-refractivity contribution in [2.45, 2.75) is 31.6 Å². The van der Waals surface area contributed by atoms with Gasteiger partial charge in [0.2, 0.25) is 0 Å². The van der Waals surface area contributed by atoms with Crippen molar-refractivity contribution in [3.8, 4) is 0 Å². The molecule has 0 saturated carbocycles. The van der Waals surface area contributed by atoms with Crippen LogP contribution in [-0.4, -0.2) is 17.0 Å². The molecule has 5 heteroatoms. The van der Waals surface area contributed by atoms with E-state index in [-0.39, 0.29) is 11.3 Å². The number of hydrogen-bond donors (Lipinski definition) is 4. The number of nitrogens with two attached hydrogens (primary N) is 3. The van der Waals surface area contributed by atoms with Gasteiger partial charge in [0.1, 0.15) is 0 Å². The van der Waals surface area contributed by atoms with E-state index in [1.165, 1.54) is 4.91 Å². The lowest BCUT2D eigenvalue weighted by molar-refractivity contribution is 0.824. The maximum Gasteiger partial charge on any atom is 0.0830 e. The van der Waals surface area contributed by atoms with E-state index < -0.39 is 0 Å². The highest BCUT2D eigenvalue weighted by molar-refractivity contribution is 8.04. The van der Waals surface area contributed by atoms with Crippen LogP contribution in [0.3, 0.4) is 0 Å². The van der Waals surface area contributed by atoms with Gasteiger partial charge in [-0.1, -0.05) is 6.08 Å². The highest BCUT2D eigenvalue weighted by Crippen LogP contribution is 2.39. The Bertz CT molecular complexity index is 473. The summed E-state index contributed by atoms with van der Waals surface area (Å²) in [5, 5.41) is 8.32. The van der Waals surface area contributed by atoms with Gasteiger partial charge in [0, 0.05) is 16.5 Å². The van der Waals surface area contributed by atoms with E-state index in [0.717, 1.165) is 17.6 Å². The second-order valence-electron chi connectivity index (χ2n) is 4.48. The first-order valence-electron chi connectivity index (χ1n) is 5.57. The molecule has 7 N–H and O–H groups in total. The standard InChI is InChI=1S/C12H18N4S/c1-5-3-4-7(17-5)8-11(15)9(13)6(2)10(14)12(8)16/h3,7,9,16H,4,13-15H2,1-2H3. The third kappa shape index (κ3) is 1.89. The van der Waals surface area contributed by atoms with Crippen molar-refractivity contribution in [2.24, 2.45) is 17.2 Å². The predicted octanol–water partition coefficient (Wildman–Crippen LogP) is 1.20. The summed E-state index contributed by atoms with van der Waals surface area (Å²) in [5.41, 5.74) is 21.1. The summed E-state index contributed by atoms with van der Waals surface area (Å²) in [7, 11) is 0. The topological polar surface area (TPSA) is 102 Å². The lowest BCUT2D eigenvalue weighted by Gasteiger charge is -2.29. The summed E-state index contributed by atoms with van der Waals surface area (Å²) in [4.78, 5) is 1.27. The quantitative estimate of drug-likeness (QED) is 0.561. The van der Waals surface area contributed by atoms with E-state index in [2.05, 4.69) is 13.0 Å². The molecule has 1 aliphatic carbocycles. The van der Waals surface area contributed by atoms with Crippen LogP contribution in [0.1, 0.15) is 20.3 Å². The zero-order valence-electron chi connectivity index (χ0n) is 10.1. The third-order valence-corrected chi connectivity index (χ3v) is 4.60. The molecule has 0 saturated heterocycles. The SMILES string of the molecule is CC1=CCC(C2=C(N)C(N)C(C)=C(N)C2=N)S1. The van der Waals surface area contributed by atoms with Gasteiger partial charge >= 0.3 is 0 Å². The summed E-state index contributed by atoms with van der Waals surface area (Å²) in [6, 6.07) is -0.347. The number of thioether (sulfide) groups is 1. The van der Waals surface area contributed by atoms with Crippen LogP contribution in [0.2, 0.25) is 0 Å². The molecular weight excluding hydrogens is 232 g/mol. The van der Waals surface area contributed by atoms with Crippen molar-refractivity contribution in [2.75, 3.05) is 0 Å². The fraction of sp³-hybridized carbons (Fsp3) is 0.417. The molecule has 92 valence electrons. The summed E-state index contributed by atoms with van der Waals surface area (Å²) >= 11 is 1.73. The largest absolute Gasteiger partial charge is 0.400 e. The predicted molar refractivity (Wildman–Crippen MR) is 73.6 cm³/mol. The minimum Gasteiger partial charge on any atom is -0.400 e. The molecule has 2 aliphatic rings. The molecule has 0 bridgehead atoms. The number of allylic oxidation sites excluding steroid dienone is 3. The zero-order valence-corrected chi connectivity index (χ0v) is 10.9. The Morgan fingerprint density at radius 3 is 2.53 bits per heavy atom. The normalized spacial score (nSPS) is 30.1. The minimum absolute atomic E-state index is 0.195. The molecule has 1 aliphatic heterocycles. The molecular formula is C12H18N4S. The van der Waals surface area contributed by atoms with E-state index in [4.69, 9.17) is 22.6 Å². The van der Waals surface area contributed by atoms with Crippen LogP contribution in [0, 0.1) is 5.41 Å². The molecule has 2 unspecified atom stereocenters. The van der Waals surface area contributed by atoms with Gasteiger partial charge in [-0.2, -0.15) is 0 Å². The van der Waals surface area contributed by atoms with Crippen LogP contribution in [0.5, 0.6) is 0 Å². The van der Waals surface area contributed by atoms with Crippen LogP contribution < -0.4 is 17.2 Å². The van der Waals surface area contributed by atoms with Gasteiger partial charge in [0.15, 0.2) is 0 Å². The molecule has 2 rings (SSSR count). The number of rotatable bonds is 1. The Morgan fingerprint density at radius 2 is 2.00 bits per heavy atom. The maximum atomic E-state index is 8.12. The van der Waals surface area contributed by atoms with Crippen molar-refractivity contribution in [3.05, 3.63) is 33.5 Å². The van der Waals surface area contributed by atoms with Crippen LogP contribution >= 0.6 is 11.8 Å².